The second-order valence-corrected chi connectivity index (χ2v) is 9.49. The number of piperidine rings is 1. The number of likely N-dealkylation sites (tertiary alicyclic amines) is 1. The van der Waals surface area contributed by atoms with E-state index in [0.717, 1.165) is 24.2 Å². The molecule has 0 atom stereocenters. The van der Waals surface area contributed by atoms with Gasteiger partial charge in [-0.15, -0.1) is 0 Å². The second kappa shape index (κ2) is 10.6. The Morgan fingerprint density at radius 1 is 0.941 bits per heavy atom. The molecule has 182 valence electrons. The summed E-state index contributed by atoms with van der Waals surface area (Å²) in [6.07, 6.45) is 2.97. The smallest absolute Gasteiger partial charge is 0.230 e. The summed E-state index contributed by atoms with van der Waals surface area (Å²) in [6, 6.07) is 18.3. The Morgan fingerprint density at radius 2 is 1.59 bits per heavy atom. The maximum Gasteiger partial charge on any atom is 0.230 e. The van der Waals surface area contributed by atoms with Gasteiger partial charge in [0.1, 0.15) is 5.75 Å². The van der Waals surface area contributed by atoms with E-state index < -0.39 is 5.41 Å². The van der Waals surface area contributed by atoms with Gasteiger partial charge in [-0.3, -0.25) is 9.59 Å². The molecule has 2 heterocycles. The molecule has 1 N–H and O–H groups in total. The lowest BCUT2D eigenvalue weighted by atomic mass is 9.70. The molecule has 2 aliphatic rings. The molecule has 2 aliphatic heterocycles. The summed E-state index contributed by atoms with van der Waals surface area (Å²) < 4.78 is 11.3. The third-order valence-corrected chi connectivity index (χ3v) is 7.64. The molecule has 0 bridgehead atoms. The first-order valence-corrected chi connectivity index (χ1v) is 12.4. The number of nitrogens with zero attached hydrogens (tertiary/aromatic N) is 1. The van der Waals surface area contributed by atoms with Crippen LogP contribution in [0.5, 0.6) is 5.75 Å². The second-order valence-electron chi connectivity index (χ2n) is 9.49. The van der Waals surface area contributed by atoms with Crippen LogP contribution in [0.15, 0.2) is 54.6 Å². The van der Waals surface area contributed by atoms with Crippen LogP contribution in [0.25, 0.3) is 0 Å². The highest BCUT2D eigenvalue weighted by Crippen LogP contribution is 2.38. The molecule has 0 saturated carbocycles. The standard InChI is InChI=1S/C28H36N2O4/c1-3-34-25-11-9-23(10-12-25)27(15-19-33-20-16-27)21-29-26(32)28(24-7-5-4-6-8-24)13-17-30(18-14-28)22(2)31/h4-12H,3,13-21H2,1-2H3,(H,29,32). The number of ether oxygens (including phenoxy) is 2. The lowest BCUT2D eigenvalue weighted by Crippen LogP contribution is -2.55. The zero-order valence-corrected chi connectivity index (χ0v) is 20.3. The molecular weight excluding hydrogens is 428 g/mol. The van der Waals surface area contributed by atoms with Gasteiger partial charge in [0.15, 0.2) is 0 Å². The zero-order valence-electron chi connectivity index (χ0n) is 20.3. The molecule has 2 amide bonds. The Bertz CT molecular complexity index is 960. The van der Waals surface area contributed by atoms with Crippen LogP contribution in [0, 0.1) is 0 Å². The first-order valence-electron chi connectivity index (χ1n) is 12.4. The molecule has 2 aromatic carbocycles. The first-order chi connectivity index (χ1) is 16.5. The lowest BCUT2D eigenvalue weighted by molar-refractivity contribution is -0.135. The van der Waals surface area contributed by atoms with Gasteiger partial charge < -0.3 is 19.7 Å². The maximum absolute atomic E-state index is 13.9. The molecule has 2 fully saturated rings. The van der Waals surface area contributed by atoms with Crippen LogP contribution in [0.2, 0.25) is 0 Å². The van der Waals surface area contributed by atoms with Crippen LogP contribution in [-0.2, 0) is 25.2 Å². The van der Waals surface area contributed by atoms with E-state index in [-0.39, 0.29) is 17.2 Å². The van der Waals surface area contributed by atoms with Crippen LogP contribution in [0.3, 0.4) is 0 Å². The van der Waals surface area contributed by atoms with E-state index in [0.29, 0.717) is 52.3 Å². The van der Waals surface area contributed by atoms with Crippen molar-refractivity contribution in [2.45, 2.75) is 50.4 Å². The number of carbonyl (C=O) groups excluding carboxylic acids is 2. The third kappa shape index (κ3) is 4.97. The molecule has 2 saturated heterocycles. The first kappa shape index (κ1) is 24.3. The van der Waals surface area contributed by atoms with E-state index in [1.165, 1.54) is 5.56 Å². The van der Waals surface area contributed by atoms with Crippen molar-refractivity contribution in [1.29, 1.82) is 0 Å². The third-order valence-electron chi connectivity index (χ3n) is 7.64. The van der Waals surface area contributed by atoms with Crippen molar-refractivity contribution < 1.29 is 19.1 Å². The van der Waals surface area contributed by atoms with Crippen molar-refractivity contribution in [3.8, 4) is 5.75 Å². The summed E-state index contributed by atoms with van der Waals surface area (Å²) in [5.74, 6) is 0.982. The number of amides is 2. The number of rotatable bonds is 7. The average Bonchev–Trinajstić information content (AvgIpc) is 2.89. The highest BCUT2D eigenvalue weighted by atomic mass is 16.5. The van der Waals surface area contributed by atoms with Crippen molar-refractivity contribution in [1.82, 2.24) is 10.2 Å². The summed E-state index contributed by atoms with van der Waals surface area (Å²) in [5, 5.41) is 3.36. The van der Waals surface area contributed by atoms with Crippen LogP contribution in [0.4, 0.5) is 0 Å². The molecule has 6 nitrogen and oxygen atoms in total. The number of benzene rings is 2. The van der Waals surface area contributed by atoms with Gasteiger partial charge in [-0.2, -0.15) is 0 Å². The predicted octanol–water partition coefficient (Wildman–Crippen LogP) is 3.83. The SMILES string of the molecule is CCOc1ccc(C2(CNC(=O)C3(c4ccccc4)CCN(C(C)=O)CC3)CCOCC2)cc1. The van der Waals surface area contributed by atoms with Gasteiger partial charge in [0.2, 0.25) is 11.8 Å². The molecule has 0 aliphatic carbocycles. The summed E-state index contributed by atoms with van der Waals surface area (Å²) in [5.41, 5.74) is 1.44. The summed E-state index contributed by atoms with van der Waals surface area (Å²) in [6.45, 7) is 7.32. The summed E-state index contributed by atoms with van der Waals surface area (Å²) >= 11 is 0. The topological polar surface area (TPSA) is 67.9 Å². The highest BCUT2D eigenvalue weighted by Gasteiger charge is 2.44. The molecular formula is C28H36N2O4. The van der Waals surface area contributed by atoms with Crippen molar-refractivity contribution in [3.05, 3.63) is 65.7 Å². The Kier molecular flexibility index (Phi) is 7.57. The predicted molar refractivity (Wildman–Crippen MR) is 132 cm³/mol. The van der Waals surface area contributed by atoms with Crippen LogP contribution in [-0.4, -0.2) is 56.2 Å². The maximum atomic E-state index is 13.9. The van der Waals surface area contributed by atoms with Gasteiger partial charge in [0, 0.05) is 45.2 Å². The van der Waals surface area contributed by atoms with Gasteiger partial charge in [-0.05, 0) is 55.9 Å². The molecule has 0 aromatic heterocycles. The lowest BCUT2D eigenvalue weighted by Gasteiger charge is -2.43. The average molecular weight is 465 g/mol. The minimum atomic E-state index is -0.627. The fourth-order valence-corrected chi connectivity index (χ4v) is 5.43. The van der Waals surface area contributed by atoms with E-state index in [1.54, 1.807) is 6.92 Å². The Labute approximate surface area is 202 Å². The fourth-order valence-electron chi connectivity index (χ4n) is 5.43. The van der Waals surface area contributed by atoms with Gasteiger partial charge in [-0.1, -0.05) is 42.5 Å². The van der Waals surface area contributed by atoms with E-state index >= 15 is 0 Å². The zero-order chi connectivity index (χ0) is 24.0. The van der Waals surface area contributed by atoms with Crippen molar-refractivity contribution in [2.24, 2.45) is 0 Å². The van der Waals surface area contributed by atoms with Gasteiger partial charge >= 0.3 is 0 Å². The number of carbonyl (C=O) groups is 2. The molecule has 4 rings (SSSR count). The number of hydrogen-bond acceptors (Lipinski definition) is 4. The van der Waals surface area contributed by atoms with Gasteiger partial charge in [0.05, 0.1) is 12.0 Å². The molecule has 0 spiro atoms. The van der Waals surface area contributed by atoms with Gasteiger partial charge in [0.25, 0.3) is 0 Å². The van der Waals surface area contributed by atoms with Crippen molar-refractivity contribution >= 4 is 11.8 Å². The van der Waals surface area contributed by atoms with Crippen LogP contribution in [0.1, 0.15) is 50.7 Å². The Morgan fingerprint density at radius 3 is 2.18 bits per heavy atom. The Hall–Kier alpha value is -2.86. The fraction of sp³-hybridized carbons (Fsp3) is 0.500. The molecule has 6 heteroatoms. The van der Waals surface area contributed by atoms with Gasteiger partial charge in [-0.25, -0.2) is 0 Å². The minimum Gasteiger partial charge on any atom is -0.494 e. The molecule has 0 unspecified atom stereocenters. The number of hydrogen-bond donors (Lipinski definition) is 1. The summed E-state index contributed by atoms with van der Waals surface area (Å²) in [7, 11) is 0. The monoisotopic (exact) mass is 464 g/mol. The van der Waals surface area contributed by atoms with Crippen LogP contribution >= 0.6 is 0 Å². The quantitative estimate of drug-likeness (QED) is 0.676. The normalized spacial score (nSPS) is 19.3. The Balaban J connectivity index is 1.56. The van der Waals surface area contributed by atoms with Crippen molar-refractivity contribution in [3.63, 3.8) is 0 Å². The van der Waals surface area contributed by atoms with Crippen molar-refractivity contribution in [2.75, 3.05) is 39.5 Å². The molecule has 2 aromatic rings. The van der Waals surface area contributed by atoms with E-state index in [9.17, 15) is 9.59 Å². The minimum absolute atomic E-state index is 0.0544. The summed E-state index contributed by atoms with van der Waals surface area (Å²) in [4.78, 5) is 27.6. The molecule has 34 heavy (non-hydrogen) atoms. The van der Waals surface area contributed by atoms with E-state index in [4.69, 9.17) is 9.47 Å². The van der Waals surface area contributed by atoms with Crippen LogP contribution < -0.4 is 10.1 Å². The van der Waals surface area contributed by atoms with E-state index in [2.05, 4.69) is 17.4 Å². The molecule has 0 radical (unpaired) electrons. The number of nitrogens with one attached hydrogen (secondary N) is 1. The largest absolute Gasteiger partial charge is 0.494 e. The highest BCUT2D eigenvalue weighted by molar-refractivity contribution is 5.89. The van der Waals surface area contributed by atoms with E-state index in [1.807, 2.05) is 54.3 Å².